The predicted molar refractivity (Wildman–Crippen MR) is 83.3 cm³/mol. The van der Waals surface area contributed by atoms with Crippen LogP contribution in [0.5, 0.6) is 0 Å². The standard InChI is InChI=1S/C13H15FN8O2/c14-11-5-9(1-2-12(11)19-18-8-16-15)22-7-10(24-13(22)23)6-21-4-3-17-20-21/h1-5,8,10,17,20H,6-7,15H2/t10-/m0/s1. The summed E-state index contributed by atoms with van der Waals surface area (Å²) in [5.74, 6) is 4.25. The normalized spacial score (nSPS) is 20.4. The van der Waals surface area contributed by atoms with Crippen molar-refractivity contribution in [3.8, 4) is 0 Å². The minimum atomic E-state index is -0.619. The lowest BCUT2D eigenvalue weighted by atomic mass is 10.2. The van der Waals surface area contributed by atoms with Gasteiger partial charge in [0, 0.05) is 18.5 Å². The Kier molecular flexibility index (Phi) is 4.52. The molecule has 3 rings (SSSR count). The number of nitrogens with one attached hydrogen (secondary N) is 2. The molecule has 126 valence electrons. The molecule has 1 amide bonds. The Labute approximate surface area is 136 Å². The number of halogens is 1. The van der Waals surface area contributed by atoms with E-state index in [4.69, 9.17) is 10.6 Å². The summed E-state index contributed by atoms with van der Waals surface area (Å²) in [6.07, 6.45) is 3.61. The van der Waals surface area contributed by atoms with Crippen molar-refractivity contribution in [3.63, 3.8) is 0 Å². The second-order valence-corrected chi connectivity index (χ2v) is 4.96. The van der Waals surface area contributed by atoms with Crippen molar-refractivity contribution >= 4 is 23.8 Å². The lowest BCUT2D eigenvalue weighted by Gasteiger charge is -2.18. The fourth-order valence-electron chi connectivity index (χ4n) is 2.30. The molecule has 1 aromatic rings. The zero-order chi connectivity index (χ0) is 16.9. The second-order valence-electron chi connectivity index (χ2n) is 4.96. The lowest BCUT2D eigenvalue weighted by Crippen LogP contribution is -2.41. The Bertz CT molecular complexity index is 707. The van der Waals surface area contributed by atoms with Crippen LogP contribution in [0.4, 0.5) is 20.6 Å². The first-order valence-corrected chi connectivity index (χ1v) is 7.02. The van der Waals surface area contributed by atoms with Crippen LogP contribution in [0, 0.1) is 5.82 Å². The number of azo groups is 1. The molecule has 10 nitrogen and oxygen atoms in total. The van der Waals surface area contributed by atoms with Gasteiger partial charge in [0.25, 0.3) is 0 Å². The van der Waals surface area contributed by atoms with E-state index >= 15 is 0 Å². The Morgan fingerprint density at radius 2 is 2.38 bits per heavy atom. The third kappa shape index (κ3) is 3.41. The van der Waals surface area contributed by atoms with Crippen molar-refractivity contribution in [1.29, 1.82) is 0 Å². The van der Waals surface area contributed by atoms with Crippen LogP contribution in [0.1, 0.15) is 0 Å². The Hall–Kier alpha value is -3.21. The average molecular weight is 334 g/mol. The van der Waals surface area contributed by atoms with Crippen LogP contribution in [0.2, 0.25) is 0 Å². The molecule has 2 aliphatic rings. The number of anilines is 1. The number of carbonyl (C=O) groups is 1. The van der Waals surface area contributed by atoms with E-state index in [1.165, 1.54) is 17.0 Å². The molecule has 0 unspecified atom stereocenters. The molecule has 1 saturated heterocycles. The van der Waals surface area contributed by atoms with Gasteiger partial charge in [-0.05, 0) is 12.1 Å². The summed E-state index contributed by atoms with van der Waals surface area (Å²) in [5.41, 5.74) is 6.04. The number of rotatable bonds is 5. The van der Waals surface area contributed by atoms with E-state index in [2.05, 4.69) is 26.3 Å². The van der Waals surface area contributed by atoms with Gasteiger partial charge in [0.1, 0.15) is 11.8 Å². The molecule has 0 spiro atoms. The fraction of sp³-hybridized carbons (Fsp3) is 0.231. The Balaban J connectivity index is 1.68. The van der Waals surface area contributed by atoms with Gasteiger partial charge in [0.2, 0.25) is 0 Å². The van der Waals surface area contributed by atoms with Crippen LogP contribution in [-0.4, -0.2) is 36.6 Å². The predicted octanol–water partition coefficient (Wildman–Crippen LogP) is 0.933. The van der Waals surface area contributed by atoms with Gasteiger partial charge in [0.15, 0.2) is 12.2 Å². The van der Waals surface area contributed by atoms with Gasteiger partial charge in [-0.25, -0.2) is 9.18 Å². The molecule has 1 aromatic carbocycles. The highest BCUT2D eigenvalue weighted by atomic mass is 19.1. The summed E-state index contributed by atoms with van der Waals surface area (Å²) in [6, 6.07) is 4.18. The Morgan fingerprint density at radius 1 is 1.50 bits per heavy atom. The number of hydrogen-bond acceptors (Lipinski definition) is 8. The molecule has 0 aromatic heterocycles. The fourth-order valence-corrected chi connectivity index (χ4v) is 2.30. The minimum Gasteiger partial charge on any atom is -0.442 e. The molecular weight excluding hydrogens is 319 g/mol. The quantitative estimate of drug-likeness (QED) is 0.242. The van der Waals surface area contributed by atoms with Crippen LogP contribution in [0.15, 0.2) is 45.9 Å². The molecule has 0 bridgehead atoms. The maximum atomic E-state index is 14.0. The molecule has 0 saturated carbocycles. The van der Waals surface area contributed by atoms with E-state index in [9.17, 15) is 9.18 Å². The third-order valence-electron chi connectivity index (χ3n) is 3.35. The monoisotopic (exact) mass is 334 g/mol. The van der Waals surface area contributed by atoms with Crippen molar-refractivity contribution in [2.45, 2.75) is 6.10 Å². The topological polar surface area (TPSA) is 120 Å². The van der Waals surface area contributed by atoms with Gasteiger partial charge in [-0.1, -0.05) is 0 Å². The molecule has 24 heavy (non-hydrogen) atoms. The van der Waals surface area contributed by atoms with Crippen molar-refractivity contribution in [2.75, 3.05) is 18.0 Å². The number of cyclic esters (lactones) is 1. The van der Waals surface area contributed by atoms with Gasteiger partial charge < -0.3 is 16.0 Å². The van der Waals surface area contributed by atoms with Crippen molar-refractivity contribution in [1.82, 2.24) is 16.0 Å². The van der Waals surface area contributed by atoms with Gasteiger partial charge in [-0.3, -0.25) is 9.91 Å². The first-order chi connectivity index (χ1) is 11.7. The van der Waals surface area contributed by atoms with Crippen LogP contribution >= 0.6 is 0 Å². The highest BCUT2D eigenvalue weighted by Crippen LogP contribution is 2.27. The van der Waals surface area contributed by atoms with E-state index < -0.39 is 11.9 Å². The maximum Gasteiger partial charge on any atom is 0.414 e. The zero-order valence-electron chi connectivity index (χ0n) is 12.5. The zero-order valence-corrected chi connectivity index (χ0v) is 12.5. The highest BCUT2D eigenvalue weighted by Gasteiger charge is 2.33. The van der Waals surface area contributed by atoms with Gasteiger partial charge >= 0.3 is 6.09 Å². The molecule has 2 aliphatic heterocycles. The van der Waals surface area contributed by atoms with Gasteiger partial charge in [-0.2, -0.15) is 5.10 Å². The number of carbonyl (C=O) groups excluding carboxylic acids is 1. The number of amides is 1. The lowest BCUT2D eigenvalue weighted by molar-refractivity contribution is 0.109. The summed E-state index contributed by atoms with van der Waals surface area (Å²) in [7, 11) is 0. The third-order valence-corrected chi connectivity index (χ3v) is 3.35. The molecule has 0 aliphatic carbocycles. The summed E-state index contributed by atoms with van der Waals surface area (Å²) in [4.78, 5) is 13.4. The molecule has 4 N–H and O–H groups in total. The summed E-state index contributed by atoms with van der Waals surface area (Å²) >= 11 is 0. The summed E-state index contributed by atoms with van der Waals surface area (Å²) in [5, 5.41) is 12.0. The van der Waals surface area contributed by atoms with Crippen molar-refractivity contribution in [2.24, 2.45) is 21.2 Å². The van der Waals surface area contributed by atoms with E-state index in [0.29, 0.717) is 18.8 Å². The number of nitrogens with zero attached hydrogens (tertiary/aromatic N) is 5. The van der Waals surface area contributed by atoms with Gasteiger partial charge in [-0.15, -0.1) is 15.8 Å². The number of benzene rings is 1. The average Bonchev–Trinajstić information content (AvgIpc) is 3.19. The first-order valence-electron chi connectivity index (χ1n) is 7.02. The first kappa shape index (κ1) is 15.7. The largest absolute Gasteiger partial charge is 0.442 e. The van der Waals surface area contributed by atoms with E-state index in [-0.39, 0.29) is 11.8 Å². The summed E-state index contributed by atoms with van der Waals surface area (Å²) < 4.78 is 19.3. The smallest absolute Gasteiger partial charge is 0.414 e. The molecule has 11 heteroatoms. The van der Waals surface area contributed by atoms with Crippen molar-refractivity contribution in [3.05, 3.63) is 36.4 Å². The molecule has 1 atom stereocenters. The number of ether oxygens (including phenoxy) is 1. The van der Waals surface area contributed by atoms with Crippen LogP contribution < -0.4 is 21.7 Å². The van der Waals surface area contributed by atoms with E-state index in [1.807, 2.05) is 0 Å². The minimum absolute atomic E-state index is 0.0141. The van der Waals surface area contributed by atoms with E-state index in [1.54, 1.807) is 23.5 Å². The second kappa shape index (κ2) is 6.91. The molecule has 2 heterocycles. The SMILES string of the molecule is NN=CN=Nc1ccc(N2C[C@H](CN3C=CNN3)OC2=O)cc1F. The van der Waals surface area contributed by atoms with Crippen molar-refractivity contribution < 1.29 is 13.9 Å². The number of hydrazone groups is 1. The van der Waals surface area contributed by atoms with Crippen LogP contribution in [0.25, 0.3) is 0 Å². The number of hydrogen-bond donors (Lipinski definition) is 3. The number of nitrogens with two attached hydrogens (primary N) is 1. The Morgan fingerprint density at radius 3 is 3.08 bits per heavy atom. The summed E-state index contributed by atoms with van der Waals surface area (Å²) in [6.45, 7) is 0.768. The molecular formula is C13H15FN8O2. The van der Waals surface area contributed by atoms with Crippen LogP contribution in [-0.2, 0) is 4.74 Å². The molecule has 1 fully saturated rings. The molecule has 0 radical (unpaired) electrons. The maximum absolute atomic E-state index is 14.0. The van der Waals surface area contributed by atoms with Crippen LogP contribution in [0.3, 0.4) is 0 Å². The van der Waals surface area contributed by atoms with E-state index in [0.717, 1.165) is 6.34 Å². The van der Waals surface area contributed by atoms with Gasteiger partial charge in [0.05, 0.1) is 18.8 Å². The number of hydrazine groups is 2. The highest BCUT2D eigenvalue weighted by molar-refractivity contribution is 5.90.